The summed E-state index contributed by atoms with van der Waals surface area (Å²) >= 11 is 6.04. The van der Waals surface area contributed by atoms with Gasteiger partial charge in [0.15, 0.2) is 17.6 Å². The summed E-state index contributed by atoms with van der Waals surface area (Å²) in [4.78, 5) is 25.4. The number of halogens is 1. The number of nitrogens with one attached hydrogen (secondary N) is 1. The standard InChI is InChI=1S/C21H23ClN2O8S/c1-29-18-10-13(21(26)31-3)14(11-19(18)30-2)23-20(25)17-7-8-24(33(4,27)28)15-9-12(22)5-6-16(15)32-17/h5-6,9-11,17H,7-8H2,1-4H3,(H,23,25). The van der Waals surface area contributed by atoms with Crippen LogP contribution in [-0.2, 0) is 19.6 Å². The Hall–Kier alpha value is -3.18. The van der Waals surface area contributed by atoms with Crippen molar-refractivity contribution in [2.24, 2.45) is 0 Å². The van der Waals surface area contributed by atoms with Crippen LogP contribution in [0.2, 0.25) is 5.02 Å². The highest BCUT2D eigenvalue weighted by Gasteiger charge is 2.32. The van der Waals surface area contributed by atoms with Gasteiger partial charge < -0.3 is 24.3 Å². The molecule has 178 valence electrons. The van der Waals surface area contributed by atoms with Crippen molar-refractivity contribution in [1.82, 2.24) is 0 Å². The van der Waals surface area contributed by atoms with E-state index < -0.39 is 28.0 Å². The highest BCUT2D eigenvalue weighted by Crippen LogP contribution is 2.37. The number of esters is 1. The average Bonchev–Trinajstić information content (AvgIpc) is 2.97. The molecule has 0 bridgehead atoms. The van der Waals surface area contributed by atoms with Crippen molar-refractivity contribution in [2.75, 3.05) is 43.8 Å². The Morgan fingerprint density at radius 3 is 2.39 bits per heavy atom. The topological polar surface area (TPSA) is 120 Å². The van der Waals surface area contributed by atoms with Gasteiger partial charge in [-0.1, -0.05) is 11.6 Å². The van der Waals surface area contributed by atoms with Crippen LogP contribution in [0.5, 0.6) is 17.2 Å². The molecule has 0 saturated carbocycles. The van der Waals surface area contributed by atoms with E-state index in [9.17, 15) is 18.0 Å². The zero-order chi connectivity index (χ0) is 24.3. The molecule has 1 aliphatic rings. The highest BCUT2D eigenvalue weighted by molar-refractivity contribution is 7.92. The third-order valence-electron chi connectivity index (χ3n) is 4.93. The molecule has 1 atom stereocenters. The average molecular weight is 499 g/mol. The van der Waals surface area contributed by atoms with Crippen LogP contribution >= 0.6 is 11.6 Å². The monoisotopic (exact) mass is 498 g/mol. The van der Waals surface area contributed by atoms with Crippen LogP contribution in [-0.4, -0.2) is 60.5 Å². The van der Waals surface area contributed by atoms with E-state index in [0.717, 1.165) is 10.6 Å². The van der Waals surface area contributed by atoms with Crippen LogP contribution in [0.25, 0.3) is 0 Å². The molecule has 0 radical (unpaired) electrons. The number of benzene rings is 2. The predicted octanol–water partition coefficient (Wildman–Crippen LogP) is 2.70. The fourth-order valence-corrected chi connectivity index (χ4v) is 4.46. The minimum absolute atomic E-state index is 0.0138. The number of amides is 1. The molecule has 10 nitrogen and oxygen atoms in total. The molecule has 0 aliphatic carbocycles. The van der Waals surface area contributed by atoms with Gasteiger partial charge in [0.1, 0.15) is 5.75 Å². The molecule has 12 heteroatoms. The summed E-state index contributed by atoms with van der Waals surface area (Å²) in [5.41, 5.74) is 0.400. The summed E-state index contributed by atoms with van der Waals surface area (Å²) in [7, 11) is 0.380. The van der Waals surface area contributed by atoms with Crippen molar-refractivity contribution in [1.29, 1.82) is 0 Å². The molecule has 1 aliphatic heterocycles. The van der Waals surface area contributed by atoms with Crippen molar-refractivity contribution in [2.45, 2.75) is 12.5 Å². The van der Waals surface area contributed by atoms with Gasteiger partial charge in [-0.2, -0.15) is 0 Å². The van der Waals surface area contributed by atoms with E-state index in [-0.39, 0.29) is 47.2 Å². The first-order valence-corrected chi connectivity index (χ1v) is 11.9. The van der Waals surface area contributed by atoms with Crippen molar-refractivity contribution in [3.8, 4) is 17.2 Å². The molecule has 2 aromatic carbocycles. The molecule has 1 heterocycles. The third kappa shape index (κ3) is 5.25. The second-order valence-electron chi connectivity index (χ2n) is 7.08. The molecular weight excluding hydrogens is 476 g/mol. The van der Waals surface area contributed by atoms with Crippen LogP contribution in [0.3, 0.4) is 0 Å². The zero-order valence-electron chi connectivity index (χ0n) is 18.4. The Morgan fingerprint density at radius 2 is 1.79 bits per heavy atom. The minimum atomic E-state index is -3.65. The van der Waals surface area contributed by atoms with Gasteiger partial charge in [-0.3, -0.25) is 9.10 Å². The molecular formula is C21H23ClN2O8S. The lowest BCUT2D eigenvalue weighted by Gasteiger charge is -2.21. The normalized spacial score (nSPS) is 15.5. The number of anilines is 2. The number of fused-ring (bicyclic) bond motifs is 1. The first-order valence-electron chi connectivity index (χ1n) is 9.68. The molecule has 1 amide bonds. The number of hydrogen-bond donors (Lipinski definition) is 1. The lowest BCUT2D eigenvalue weighted by atomic mass is 10.1. The van der Waals surface area contributed by atoms with Crippen LogP contribution < -0.4 is 23.8 Å². The first kappa shape index (κ1) is 24.5. The molecule has 0 fully saturated rings. The predicted molar refractivity (Wildman–Crippen MR) is 122 cm³/mol. The van der Waals surface area contributed by atoms with Gasteiger partial charge >= 0.3 is 5.97 Å². The number of ether oxygens (including phenoxy) is 4. The Labute approximate surface area is 196 Å². The van der Waals surface area contributed by atoms with Gasteiger partial charge in [0.05, 0.1) is 44.5 Å². The van der Waals surface area contributed by atoms with Crippen molar-refractivity contribution in [3.63, 3.8) is 0 Å². The van der Waals surface area contributed by atoms with E-state index in [4.69, 9.17) is 30.5 Å². The molecule has 0 saturated heterocycles. The number of methoxy groups -OCH3 is 3. The van der Waals surface area contributed by atoms with E-state index >= 15 is 0 Å². The molecule has 33 heavy (non-hydrogen) atoms. The van der Waals surface area contributed by atoms with Gasteiger partial charge in [0.2, 0.25) is 10.0 Å². The Kier molecular flexibility index (Phi) is 7.23. The summed E-state index contributed by atoms with van der Waals surface area (Å²) in [6.07, 6.45) is 0.0476. The maximum absolute atomic E-state index is 13.1. The molecule has 1 unspecified atom stereocenters. The summed E-state index contributed by atoms with van der Waals surface area (Å²) < 4.78 is 46.9. The molecule has 0 spiro atoms. The summed E-state index contributed by atoms with van der Waals surface area (Å²) in [6, 6.07) is 7.30. The van der Waals surface area contributed by atoms with Gasteiger partial charge in [-0.15, -0.1) is 0 Å². The van der Waals surface area contributed by atoms with E-state index in [2.05, 4.69) is 5.32 Å². The van der Waals surface area contributed by atoms with Gasteiger partial charge in [0.25, 0.3) is 5.91 Å². The van der Waals surface area contributed by atoms with E-state index in [1.807, 2.05) is 0 Å². The zero-order valence-corrected chi connectivity index (χ0v) is 20.0. The van der Waals surface area contributed by atoms with E-state index in [0.29, 0.717) is 5.02 Å². The van der Waals surface area contributed by atoms with Crippen LogP contribution in [0.4, 0.5) is 11.4 Å². The van der Waals surface area contributed by atoms with Crippen LogP contribution in [0.15, 0.2) is 30.3 Å². The Bertz CT molecular complexity index is 1190. The lowest BCUT2D eigenvalue weighted by molar-refractivity contribution is -0.122. The van der Waals surface area contributed by atoms with Gasteiger partial charge in [-0.25, -0.2) is 13.2 Å². The highest BCUT2D eigenvalue weighted by atomic mass is 35.5. The quantitative estimate of drug-likeness (QED) is 0.603. The van der Waals surface area contributed by atoms with Crippen LogP contribution in [0, 0.1) is 0 Å². The fourth-order valence-electron chi connectivity index (χ4n) is 3.36. The SMILES string of the molecule is COC(=O)c1cc(OC)c(OC)cc1NC(=O)C1CCN(S(C)(=O)=O)c2cc(Cl)ccc2O1. The number of rotatable bonds is 6. The van der Waals surface area contributed by atoms with Crippen molar-refractivity contribution < 1.29 is 37.0 Å². The Morgan fingerprint density at radius 1 is 1.12 bits per heavy atom. The molecule has 1 N–H and O–H groups in total. The lowest BCUT2D eigenvalue weighted by Crippen LogP contribution is -2.36. The molecule has 2 aromatic rings. The summed E-state index contributed by atoms with van der Waals surface area (Å²) in [5, 5.41) is 2.97. The third-order valence-corrected chi connectivity index (χ3v) is 6.35. The summed E-state index contributed by atoms with van der Waals surface area (Å²) in [6.45, 7) is -0.0138. The number of sulfonamides is 1. The maximum atomic E-state index is 13.1. The molecule has 3 rings (SSSR count). The second-order valence-corrected chi connectivity index (χ2v) is 9.42. The van der Waals surface area contributed by atoms with E-state index in [1.54, 1.807) is 0 Å². The van der Waals surface area contributed by atoms with Crippen molar-refractivity contribution >= 4 is 44.9 Å². The largest absolute Gasteiger partial charge is 0.493 e. The van der Waals surface area contributed by atoms with Gasteiger partial charge in [-0.05, 0) is 18.2 Å². The van der Waals surface area contributed by atoms with E-state index in [1.165, 1.54) is 51.7 Å². The first-order chi connectivity index (χ1) is 15.6. The number of hydrogen-bond acceptors (Lipinski definition) is 8. The van der Waals surface area contributed by atoms with Crippen LogP contribution in [0.1, 0.15) is 16.8 Å². The number of carbonyl (C=O) groups is 2. The molecule has 0 aromatic heterocycles. The van der Waals surface area contributed by atoms with Crippen molar-refractivity contribution in [3.05, 3.63) is 40.9 Å². The second kappa shape index (κ2) is 9.75. The smallest absolute Gasteiger partial charge is 0.340 e. The minimum Gasteiger partial charge on any atom is -0.493 e. The summed E-state index contributed by atoms with van der Waals surface area (Å²) in [5.74, 6) is -0.551. The fraction of sp³-hybridized carbons (Fsp3) is 0.333. The number of carbonyl (C=O) groups excluding carboxylic acids is 2. The Balaban J connectivity index is 1.95. The van der Waals surface area contributed by atoms with Gasteiger partial charge in [0, 0.05) is 30.1 Å². The maximum Gasteiger partial charge on any atom is 0.340 e. The number of nitrogens with zero attached hydrogens (tertiary/aromatic N) is 1.